The predicted octanol–water partition coefficient (Wildman–Crippen LogP) is 2.36. The van der Waals surface area contributed by atoms with Crippen molar-refractivity contribution in [2.24, 2.45) is 0 Å². The van der Waals surface area contributed by atoms with Gasteiger partial charge in [0.15, 0.2) is 0 Å². The smallest absolute Gasteiger partial charge is 0.251 e. The van der Waals surface area contributed by atoms with Crippen molar-refractivity contribution < 1.29 is 9.18 Å². The molecule has 1 aliphatic heterocycles. The predicted molar refractivity (Wildman–Crippen MR) is 57.3 cm³/mol. The Morgan fingerprint density at radius 3 is 2.80 bits per heavy atom. The average molecular weight is 270 g/mol. The number of benzene rings is 1. The zero-order chi connectivity index (χ0) is 10.6. The first-order valence-corrected chi connectivity index (χ1v) is 5.69. The number of fused-ring (bicyclic) bond motifs is 2. The van der Waals surface area contributed by atoms with Crippen LogP contribution in [0.2, 0.25) is 0 Å². The van der Waals surface area contributed by atoms with Gasteiger partial charge in [0.2, 0.25) is 0 Å². The van der Waals surface area contributed by atoms with Gasteiger partial charge in [-0.2, -0.15) is 0 Å². The molecule has 1 saturated carbocycles. The topological polar surface area (TPSA) is 29.1 Å². The number of carbonyl (C=O) groups is 1. The van der Waals surface area contributed by atoms with E-state index in [1.54, 1.807) is 6.07 Å². The van der Waals surface area contributed by atoms with E-state index in [-0.39, 0.29) is 17.1 Å². The van der Waals surface area contributed by atoms with Crippen LogP contribution in [0.5, 0.6) is 0 Å². The van der Waals surface area contributed by atoms with Gasteiger partial charge in [-0.05, 0) is 46.5 Å². The van der Waals surface area contributed by atoms with Crippen LogP contribution in [0, 0.1) is 5.82 Å². The standard InChI is InChI=1S/C11H9BrFNO/c12-8-4-7-6(3-9(8)13)10(15)14-5-11(7)1-2-11/h3-4H,1-2,5H2,(H,14,15). The lowest BCUT2D eigenvalue weighted by Crippen LogP contribution is -2.39. The Kier molecular flexibility index (Phi) is 1.75. The molecule has 2 aliphatic rings. The first-order valence-electron chi connectivity index (χ1n) is 4.90. The highest BCUT2D eigenvalue weighted by Crippen LogP contribution is 2.51. The van der Waals surface area contributed by atoms with Gasteiger partial charge in [-0.1, -0.05) is 0 Å². The van der Waals surface area contributed by atoms with Gasteiger partial charge in [-0.15, -0.1) is 0 Å². The Labute approximate surface area is 95.0 Å². The molecule has 2 nitrogen and oxygen atoms in total. The molecule has 0 unspecified atom stereocenters. The lowest BCUT2D eigenvalue weighted by atomic mass is 9.88. The molecule has 1 fully saturated rings. The Bertz CT molecular complexity index is 468. The van der Waals surface area contributed by atoms with Crippen LogP contribution in [0.4, 0.5) is 4.39 Å². The van der Waals surface area contributed by atoms with E-state index in [1.165, 1.54) is 6.07 Å². The van der Waals surface area contributed by atoms with Gasteiger partial charge >= 0.3 is 0 Å². The SMILES string of the molecule is O=C1NCC2(CC2)c2cc(Br)c(F)cc21. The Hall–Kier alpha value is -0.900. The first kappa shape index (κ1) is 9.33. The molecule has 1 aromatic carbocycles. The third kappa shape index (κ3) is 1.24. The molecule has 1 aliphatic carbocycles. The molecule has 78 valence electrons. The fourth-order valence-corrected chi connectivity index (χ4v) is 2.55. The average Bonchev–Trinajstić information content (AvgIpc) is 2.97. The maximum Gasteiger partial charge on any atom is 0.251 e. The van der Waals surface area contributed by atoms with Crippen LogP contribution in [-0.4, -0.2) is 12.5 Å². The van der Waals surface area contributed by atoms with E-state index < -0.39 is 0 Å². The number of amides is 1. The van der Waals surface area contributed by atoms with E-state index in [0.717, 1.165) is 18.4 Å². The maximum atomic E-state index is 13.3. The Balaban J connectivity index is 2.24. The fraction of sp³-hybridized carbons (Fsp3) is 0.364. The van der Waals surface area contributed by atoms with Crippen molar-refractivity contribution in [2.45, 2.75) is 18.3 Å². The van der Waals surface area contributed by atoms with Crippen molar-refractivity contribution in [1.29, 1.82) is 0 Å². The molecule has 1 amide bonds. The van der Waals surface area contributed by atoms with Crippen LogP contribution in [-0.2, 0) is 5.41 Å². The second-order valence-electron chi connectivity index (χ2n) is 4.27. The molecule has 1 aromatic rings. The Morgan fingerprint density at radius 2 is 2.13 bits per heavy atom. The summed E-state index contributed by atoms with van der Waals surface area (Å²) >= 11 is 3.17. The summed E-state index contributed by atoms with van der Waals surface area (Å²) in [5.74, 6) is -0.532. The van der Waals surface area contributed by atoms with Crippen LogP contribution < -0.4 is 5.32 Å². The summed E-state index contributed by atoms with van der Waals surface area (Å²) in [6, 6.07) is 3.09. The molecular formula is C11H9BrFNO. The minimum atomic E-state index is -0.374. The van der Waals surface area contributed by atoms with Gasteiger partial charge in [0.25, 0.3) is 5.91 Å². The summed E-state index contributed by atoms with van der Waals surface area (Å²) in [7, 11) is 0. The first-order chi connectivity index (χ1) is 7.12. The summed E-state index contributed by atoms with van der Waals surface area (Å²) in [5, 5.41) is 2.82. The molecule has 0 radical (unpaired) electrons. The van der Waals surface area contributed by atoms with Crippen molar-refractivity contribution in [3.05, 3.63) is 33.5 Å². The fourth-order valence-electron chi connectivity index (χ4n) is 2.21. The lowest BCUT2D eigenvalue weighted by Gasteiger charge is -2.25. The minimum absolute atomic E-state index is 0.0967. The molecule has 0 aromatic heterocycles. The summed E-state index contributed by atoms with van der Waals surface area (Å²) in [6.45, 7) is 0.691. The third-order valence-electron chi connectivity index (χ3n) is 3.32. The van der Waals surface area contributed by atoms with E-state index in [9.17, 15) is 9.18 Å². The molecule has 1 spiro atoms. The number of halogens is 2. The van der Waals surface area contributed by atoms with Crippen LogP contribution >= 0.6 is 15.9 Å². The highest BCUT2D eigenvalue weighted by molar-refractivity contribution is 9.10. The minimum Gasteiger partial charge on any atom is -0.351 e. The molecule has 1 heterocycles. The van der Waals surface area contributed by atoms with E-state index in [0.29, 0.717) is 16.6 Å². The van der Waals surface area contributed by atoms with Crippen molar-refractivity contribution in [1.82, 2.24) is 5.32 Å². The van der Waals surface area contributed by atoms with Crippen LogP contribution in [0.15, 0.2) is 16.6 Å². The quantitative estimate of drug-likeness (QED) is 0.770. The van der Waals surface area contributed by atoms with E-state index >= 15 is 0 Å². The van der Waals surface area contributed by atoms with Crippen LogP contribution in [0.1, 0.15) is 28.8 Å². The number of nitrogens with one attached hydrogen (secondary N) is 1. The Morgan fingerprint density at radius 1 is 1.40 bits per heavy atom. The molecule has 4 heteroatoms. The van der Waals surface area contributed by atoms with E-state index in [4.69, 9.17) is 0 Å². The van der Waals surface area contributed by atoms with Crippen LogP contribution in [0.25, 0.3) is 0 Å². The summed E-state index contributed by atoms with van der Waals surface area (Å²) in [4.78, 5) is 11.6. The van der Waals surface area contributed by atoms with Gasteiger partial charge in [0.05, 0.1) is 4.47 Å². The maximum absolute atomic E-state index is 13.3. The second kappa shape index (κ2) is 2.82. The number of hydrogen-bond acceptors (Lipinski definition) is 1. The van der Waals surface area contributed by atoms with Gasteiger partial charge in [-0.25, -0.2) is 4.39 Å². The van der Waals surface area contributed by atoms with Gasteiger partial charge in [0, 0.05) is 17.5 Å². The molecular weight excluding hydrogens is 261 g/mol. The normalized spacial score (nSPS) is 21.1. The van der Waals surface area contributed by atoms with Crippen molar-refractivity contribution in [2.75, 3.05) is 6.54 Å². The van der Waals surface area contributed by atoms with Gasteiger partial charge < -0.3 is 5.32 Å². The second-order valence-corrected chi connectivity index (χ2v) is 5.13. The molecule has 15 heavy (non-hydrogen) atoms. The van der Waals surface area contributed by atoms with Gasteiger partial charge in [-0.3, -0.25) is 4.79 Å². The number of rotatable bonds is 0. The van der Waals surface area contributed by atoms with Gasteiger partial charge in [0.1, 0.15) is 5.82 Å². The molecule has 0 atom stereocenters. The molecule has 0 saturated heterocycles. The highest BCUT2D eigenvalue weighted by atomic mass is 79.9. The zero-order valence-electron chi connectivity index (χ0n) is 7.94. The van der Waals surface area contributed by atoms with Crippen molar-refractivity contribution >= 4 is 21.8 Å². The molecule has 1 N–H and O–H groups in total. The third-order valence-corrected chi connectivity index (χ3v) is 3.93. The van der Waals surface area contributed by atoms with Crippen molar-refractivity contribution in [3.63, 3.8) is 0 Å². The van der Waals surface area contributed by atoms with Crippen molar-refractivity contribution in [3.8, 4) is 0 Å². The zero-order valence-corrected chi connectivity index (χ0v) is 9.53. The molecule has 3 rings (SSSR count). The summed E-state index contributed by atoms with van der Waals surface area (Å²) in [6.07, 6.45) is 2.16. The molecule has 0 bridgehead atoms. The van der Waals surface area contributed by atoms with E-state index in [1.807, 2.05) is 0 Å². The van der Waals surface area contributed by atoms with Crippen LogP contribution in [0.3, 0.4) is 0 Å². The largest absolute Gasteiger partial charge is 0.351 e. The van der Waals surface area contributed by atoms with E-state index in [2.05, 4.69) is 21.2 Å². The summed E-state index contributed by atoms with van der Waals surface area (Å²) < 4.78 is 13.8. The number of hydrogen-bond donors (Lipinski definition) is 1. The number of carbonyl (C=O) groups excluding carboxylic acids is 1. The summed E-state index contributed by atoms with van der Waals surface area (Å²) in [5.41, 5.74) is 1.60. The lowest BCUT2D eigenvalue weighted by molar-refractivity contribution is 0.0937. The monoisotopic (exact) mass is 269 g/mol. The highest BCUT2D eigenvalue weighted by Gasteiger charge is 2.49.